The maximum Gasteiger partial charge on any atom is 0.416 e. The molecule has 1 aliphatic rings. The lowest BCUT2D eigenvalue weighted by molar-refractivity contribution is -0.137. The van der Waals surface area contributed by atoms with E-state index in [0.29, 0.717) is 5.75 Å². The van der Waals surface area contributed by atoms with Crippen molar-refractivity contribution in [3.8, 4) is 5.75 Å². The monoisotopic (exact) mass is 231 g/mol. The number of ether oxygens (including phenoxy) is 1. The summed E-state index contributed by atoms with van der Waals surface area (Å²) < 4.78 is 42.2. The van der Waals surface area contributed by atoms with E-state index in [-0.39, 0.29) is 12.1 Å². The lowest BCUT2D eigenvalue weighted by atomic mass is 9.90. The van der Waals surface area contributed by atoms with Crippen LogP contribution < -0.4 is 10.5 Å². The van der Waals surface area contributed by atoms with Crippen molar-refractivity contribution in [1.29, 1.82) is 0 Å². The van der Waals surface area contributed by atoms with Gasteiger partial charge in [0.1, 0.15) is 11.9 Å². The smallest absolute Gasteiger partial charge is 0.416 e. The zero-order valence-electron chi connectivity index (χ0n) is 8.50. The molecule has 2 N–H and O–H groups in total. The first kappa shape index (κ1) is 11.3. The van der Waals surface area contributed by atoms with Crippen LogP contribution in [0.1, 0.15) is 18.4 Å². The summed E-state index contributed by atoms with van der Waals surface area (Å²) in [5.41, 5.74) is 4.91. The molecule has 1 aliphatic carbocycles. The van der Waals surface area contributed by atoms with Crippen molar-refractivity contribution in [1.82, 2.24) is 0 Å². The topological polar surface area (TPSA) is 35.2 Å². The number of benzene rings is 1. The molecule has 0 unspecified atom stereocenters. The van der Waals surface area contributed by atoms with Gasteiger partial charge in [0, 0.05) is 6.04 Å². The number of rotatable bonds is 2. The van der Waals surface area contributed by atoms with E-state index in [4.69, 9.17) is 10.5 Å². The predicted octanol–water partition coefficient (Wildman–Crippen LogP) is 2.57. The van der Waals surface area contributed by atoms with Crippen LogP contribution in [-0.4, -0.2) is 12.1 Å². The average Bonchev–Trinajstić information content (AvgIpc) is 2.15. The van der Waals surface area contributed by atoms with E-state index in [9.17, 15) is 13.2 Å². The molecule has 0 bridgehead atoms. The molecule has 0 saturated heterocycles. The van der Waals surface area contributed by atoms with Gasteiger partial charge in [0.05, 0.1) is 5.56 Å². The standard InChI is InChI=1S/C11H12F3NO/c12-11(13,14)7-1-3-9(4-2-7)16-10-5-8(15)6-10/h1-4,8,10H,5-6,15H2/t8-,10-. The molecule has 0 heterocycles. The van der Waals surface area contributed by atoms with Crippen LogP contribution in [0.15, 0.2) is 24.3 Å². The number of hydrogen-bond acceptors (Lipinski definition) is 2. The lowest BCUT2D eigenvalue weighted by Crippen LogP contribution is -2.43. The molecule has 0 spiro atoms. The molecule has 0 amide bonds. The van der Waals surface area contributed by atoms with Gasteiger partial charge in [-0.1, -0.05) is 0 Å². The Morgan fingerprint density at radius 2 is 1.69 bits per heavy atom. The molecule has 0 aromatic heterocycles. The molecular formula is C11H12F3NO. The highest BCUT2D eigenvalue weighted by atomic mass is 19.4. The lowest BCUT2D eigenvalue weighted by Gasteiger charge is -2.32. The summed E-state index contributed by atoms with van der Waals surface area (Å²) in [7, 11) is 0. The van der Waals surface area contributed by atoms with E-state index < -0.39 is 11.7 Å². The second kappa shape index (κ2) is 3.97. The van der Waals surface area contributed by atoms with Crippen LogP contribution in [0.5, 0.6) is 5.75 Å². The summed E-state index contributed by atoms with van der Waals surface area (Å²) in [6, 6.07) is 4.89. The zero-order valence-corrected chi connectivity index (χ0v) is 8.50. The Morgan fingerprint density at radius 1 is 1.12 bits per heavy atom. The van der Waals surface area contributed by atoms with Crippen LogP contribution >= 0.6 is 0 Å². The molecule has 1 fully saturated rings. The SMILES string of the molecule is N[C@H]1C[C@H](Oc2ccc(C(F)(F)F)cc2)C1. The fourth-order valence-electron chi connectivity index (χ4n) is 1.62. The van der Waals surface area contributed by atoms with E-state index >= 15 is 0 Å². The Bertz CT molecular complexity index is 354. The van der Waals surface area contributed by atoms with Gasteiger partial charge in [0.15, 0.2) is 0 Å². The van der Waals surface area contributed by atoms with Gasteiger partial charge in [-0.2, -0.15) is 13.2 Å². The van der Waals surface area contributed by atoms with Gasteiger partial charge in [-0.15, -0.1) is 0 Å². The minimum atomic E-state index is -4.29. The number of nitrogens with two attached hydrogens (primary N) is 1. The van der Waals surface area contributed by atoms with Crippen LogP contribution in [0.4, 0.5) is 13.2 Å². The van der Waals surface area contributed by atoms with E-state index in [1.54, 1.807) is 0 Å². The van der Waals surface area contributed by atoms with Crippen molar-refractivity contribution >= 4 is 0 Å². The van der Waals surface area contributed by atoms with E-state index in [1.165, 1.54) is 12.1 Å². The number of halogens is 3. The summed E-state index contributed by atoms with van der Waals surface area (Å²) in [5.74, 6) is 0.463. The van der Waals surface area contributed by atoms with Gasteiger partial charge >= 0.3 is 6.18 Å². The van der Waals surface area contributed by atoms with Crippen LogP contribution in [-0.2, 0) is 6.18 Å². The second-order valence-electron chi connectivity index (χ2n) is 3.99. The van der Waals surface area contributed by atoms with Gasteiger partial charge in [-0.25, -0.2) is 0 Å². The minimum Gasteiger partial charge on any atom is -0.490 e. The molecule has 2 nitrogen and oxygen atoms in total. The molecule has 16 heavy (non-hydrogen) atoms. The van der Waals surface area contributed by atoms with Crippen LogP contribution in [0, 0.1) is 0 Å². The third-order valence-corrected chi connectivity index (χ3v) is 2.62. The molecule has 1 aromatic carbocycles. The summed E-state index contributed by atoms with van der Waals surface area (Å²) in [6.45, 7) is 0. The minimum absolute atomic E-state index is 0.0479. The van der Waals surface area contributed by atoms with Crippen molar-refractivity contribution in [3.63, 3.8) is 0 Å². The highest BCUT2D eigenvalue weighted by Crippen LogP contribution is 2.31. The third kappa shape index (κ3) is 2.47. The second-order valence-corrected chi connectivity index (χ2v) is 3.99. The molecule has 0 radical (unpaired) electrons. The Morgan fingerprint density at radius 3 is 2.12 bits per heavy atom. The Hall–Kier alpha value is -1.23. The van der Waals surface area contributed by atoms with E-state index in [0.717, 1.165) is 25.0 Å². The predicted molar refractivity (Wildman–Crippen MR) is 53.1 cm³/mol. The van der Waals surface area contributed by atoms with Gasteiger partial charge in [0.2, 0.25) is 0 Å². The third-order valence-electron chi connectivity index (χ3n) is 2.62. The Balaban J connectivity index is 1.97. The maximum atomic E-state index is 12.3. The summed E-state index contributed by atoms with van der Waals surface area (Å²) in [5, 5.41) is 0. The van der Waals surface area contributed by atoms with Gasteiger partial charge in [-0.05, 0) is 37.1 Å². The first-order chi connectivity index (χ1) is 7.45. The zero-order chi connectivity index (χ0) is 11.8. The first-order valence-electron chi connectivity index (χ1n) is 5.04. The highest BCUT2D eigenvalue weighted by Gasteiger charge is 2.31. The molecule has 0 atom stereocenters. The largest absolute Gasteiger partial charge is 0.490 e. The number of alkyl halides is 3. The fourth-order valence-corrected chi connectivity index (χ4v) is 1.62. The molecule has 88 valence electrons. The molecule has 1 saturated carbocycles. The van der Waals surface area contributed by atoms with Gasteiger partial charge in [-0.3, -0.25) is 0 Å². The van der Waals surface area contributed by atoms with Gasteiger partial charge in [0.25, 0.3) is 0 Å². The Labute approximate surface area is 91.2 Å². The van der Waals surface area contributed by atoms with E-state index in [2.05, 4.69) is 0 Å². The van der Waals surface area contributed by atoms with Crippen molar-refractivity contribution in [2.24, 2.45) is 5.73 Å². The highest BCUT2D eigenvalue weighted by molar-refractivity contribution is 5.29. The first-order valence-corrected chi connectivity index (χ1v) is 5.04. The van der Waals surface area contributed by atoms with Crippen molar-refractivity contribution in [2.75, 3.05) is 0 Å². The van der Waals surface area contributed by atoms with Crippen LogP contribution in [0.25, 0.3) is 0 Å². The molecular weight excluding hydrogens is 219 g/mol. The van der Waals surface area contributed by atoms with E-state index in [1.807, 2.05) is 0 Å². The van der Waals surface area contributed by atoms with Gasteiger partial charge < -0.3 is 10.5 Å². The number of hydrogen-bond donors (Lipinski definition) is 1. The van der Waals surface area contributed by atoms with Crippen molar-refractivity contribution < 1.29 is 17.9 Å². The summed E-state index contributed by atoms with van der Waals surface area (Å²) in [6.07, 6.45) is -2.72. The average molecular weight is 231 g/mol. The fraction of sp³-hybridized carbons (Fsp3) is 0.455. The Kier molecular flexibility index (Phi) is 2.80. The summed E-state index contributed by atoms with van der Waals surface area (Å²) in [4.78, 5) is 0. The van der Waals surface area contributed by atoms with Crippen LogP contribution in [0.2, 0.25) is 0 Å². The summed E-state index contributed by atoms with van der Waals surface area (Å²) >= 11 is 0. The quantitative estimate of drug-likeness (QED) is 0.849. The van der Waals surface area contributed by atoms with Crippen LogP contribution in [0.3, 0.4) is 0 Å². The molecule has 0 aliphatic heterocycles. The normalized spacial score (nSPS) is 25.0. The van der Waals surface area contributed by atoms with Crippen molar-refractivity contribution in [3.05, 3.63) is 29.8 Å². The van der Waals surface area contributed by atoms with Crippen molar-refractivity contribution in [2.45, 2.75) is 31.2 Å². The molecule has 5 heteroatoms. The molecule has 2 rings (SSSR count). The molecule has 1 aromatic rings. The maximum absolute atomic E-state index is 12.3.